The van der Waals surface area contributed by atoms with Gasteiger partial charge in [0.1, 0.15) is 0 Å². The maximum atomic E-state index is 2.00. The fourth-order valence-electron chi connectivity index (χ4n) is 0. The fourth-order valence-corrected chi connectivity index (χ4v) is 0. The van der Waals surface area contributed by atoms with E-state index in [0.717, 1.165) is 0 Å². The first-order valence-electron chi connectivity index (χ1n) is 1.00. The Hall–Kier alpha value is 0.985. The highest BCUT2D eigenvalue weighted by Gasteiger charge is 0.932. The molecular weight excluding hydrogens is 110 g/mol. The van der Waals surface area contributed by atoms with Gasteiger partial charge in [-0.05, 0) is 0 Å². The molecule has 0 rings (SSSR count). The van der Waals surface area contributed by atoms with E-state index in [9.17, 15) is 0 Å². The minimum absolute atomic E-state index is 0. The van der Waals surface area contributed by atoms with E-state index in [-0.39, 0.29) is 45.7 Å². The summed E-state index contributed by atoms with van der Waals surface area (Å²) in [6.45, 7) is 4.00. The summed E-state index contributed by atoms with van der Waals surface area (Å²) in [5.74, 6) is 0. The average Bonchev–Trinajstić information content (AvgIpc) is 1.00. The summed E-state index contributed by atoms with van der Waals surface area (Å²) < 4.78 is 0. The highest BCUT2D eigenvalue weighted by Crippen LogP contribution is 1.14. The van der Waals surface area contributed by atoms with Gasteiger partial charge in [0.2, 0.25) is 0 Å². The van der Waals surface area contributed by atoms with Gasteiger partial charge in [-0.2, -0.15) is 0 Å². The lowest BCUT2D eigenvalue weighted by Gasteiger charge is -1.07. The van der Waals surface area contributed by atoms with Crippen LogP contribution in [0.3, 0.4) is 0 Å². The van der Waals surface area contributed by atoms with Gasteiger partial charge in [0, 0.05) is 0 Å². The molecule has 0 heterocycles. The van der Waals surface area contributed by atoms with E-state index in [1.165, 1.54) is 0 Å². The van der Waals surface area contributed by atoms with Gasteiger partial charge in [0.15, 0.2) is 34.7 Å². The Balaban J connectivity index is -0.000000000833. The van der Waals surface area contributed by atoms with Crippen LogP contribution in [0.5, 0.6) is 0 Å². The summed E-state index contributed by atoms with van der Waals surface area (Å²) in [7, 11) is 0. The molecule has 0 aromatic carbocycles. The summed E-state index contributed by atoms with van der Waals surface area (Å²) in [6.07, 6.45) is 0. The number of hydrogen-bond donors (Lipinski definition) is 0. The second-order valence-corrected chi connectivity index (χ2v) is 0. The molecule has 6 heavy (non-hydrogen) atoms. The standard InChI is InChI=1S/C2H6.2Al.2H2O.6H/c1-2;;;;;;;;;;/h1-2H3;;;2*1H2;;;;;;. The molecule has 0 amide bonds. The molecule has 4 N–H and O–H groups in total. The average molecular weight is 126 g/mol. The van der Waals surface area contributed by atoms with E-state index in [1.54, 1.807) is 0 Å². The van der Waals surface area contributed by atoms with E-state index in [2.05, 4.69) is 0 Å². The van der Waals surface area contributed by atoms with Crippen LogP contribution in [0.2, 0.25) is 0 Å². The van der Waals surface area contributed by atoms with Crippen LogP contribution in [0.25, 0.3) is 0 Å². The molecule has 0 aliphatic carbocycles. The van der Waals surface area contributed by atoms with Crippen molar-refractivity contribution in [3.63, 3.8) is 0 Å². The number of rotatable bonds is 0. The SMILES string of the molecule is CC.O.O.[AlH3].[AlH3]. The van der Waals surface area contributed by atoms with Crippen molar-refractivity contribution in [1.82, 2.24) is 0 Å². The fraction of sp³-hybridized carbons (Fsp3) is 1.00. The topological polar surface area (TPSA) is 63.0 Å². The van der Waals surface area contributed by atoms with Crippen molar-refractivity contribution in [1.29, 1.82) is 0 Å². The third kappa shape index (κ3) is 81.6. The van der Waals surface area contributed by atoms with Gasteiger partial charge in [-0.25, -0.2) is 0 Å². The molecule has 0 spiro atoms. The van der Waals surface area contributed by atoms with Crippen LogP contribution >= 0.6 is 0 Å². The predicted molar refractivity (Wildman–Crippen MR) is 38.5 cm³/mol. The minimum Gasteiger partial charge on any atom is -0.412 e. The Morgan fingerprint density at radius 3 is 0.667 bits per heavy atom. The summed E-state index contributed by atoms with van der Waals surface area (Å²) in [5.41, 5.74) is 0. The molecule has 0 radical (unpaired) electrons. The minimum atomic E-state index is 0. The van der Waals surface area contributed by atoms with Gasteiger partial charge in [-0.1, -0.05) is 13.8 Å². The Labute approximate surface area is 59.8 Å². The molecule has 0 aromatic heterocycles. The zero-order valence-corrected chi connectivity index (χ0v) is 3.00. The summed E-state index contributed by atoms with van der Waals surface area (Å²) in [4.78, 5) is 0. The van der Waals surface area contributed by atoms with Crippen molar-refractivity contribution < 1.29 is 11.0 Å². The summed E-state index contributed by atoms with van der Waals surface area (Å²) >= 11 is 0. The molecule has 0 fully saturated rings. The van der Waals surface area contributed by atoms with E-state index >= 15 is 0 Å². The first-order chi connectivity index (χ1) is 1.00. The zero-order chi connectivity index (χ0) is 2.00. The lowest BCUT2D eigenvalue weighted by molar-refractivity contribution is 0.823. The van der Waals surface area contributed by atoms with E-state index in [4.69, 9.17) is 0 Å². The van der Waals surface area contributed by atoms with Crippen molar-refractivity contribution in [3.8, 4) is 0 Å². The van der Waals surface area contributed by atoms with Gasteiger partial charge in [-0.15, -0.1) is 0 Å². The number of hydrogen-bond acceptors (Lipinski definition) is 0. The molecule has 0 aliphatic heterocycles. The highest BCUT2D eigenvalue weighted by molar-refractivity contribution is 5.76. The maximum absolute atomic E-state index is 2.00. The zero-order valence-electron chi connectivity index (χ0n) is 3.00. The van der Waals surface area contributed by atoms with Crippen LogP contribution in [0.15, 0.2) is 0 Å². The molecule has 42 valence electrons. The first-order valence-corrected chi connectivity index (χ1v) is 1.00. The van der Waals surface area contributed by atoms with Gasteiger partial charge in [0.05, 0.1) is 0 Å². The molecule has 0 atom stereocenters. The van der Waals surface area contributed by atoms with Crippen LogP contribution in [0.4, 0.5) is 0 Å². The molecule has 0 saturated heterocycles. The normalized spacial score (nSPS) is 1.00. The van der Waals surface area contributed by atoms with Crippen molar-refractivity contribution in [2.24, 2.45) is 0 Å². The molecule has 0 unspecified atom stereocenters. The monoisotopic (exact) mass is 126 g/mol. The Morgan fingerprint density at radius 2 is 0.667 bits per heavy atom. The van der Waals surface area contributed by atoms with E-state index in [1.807, 2.05) is 13.8 Å². The molecule has 4 heteroatoms. The van der Waals surface area contributed by atoms with Crippen molar-refractivity contribution in [2.45, 2.75) is 13.8 Å². The van der Waals surface area contributed by atoms with Crippen molar-refractivity contribution in [3.05, 3.63) is 0 Å². The van der Waals surface area contributed by atoms with Crippen molar-refractivity contribution in [2.75, 3.05) is 0 Å². The van der Waals surface area contributed by atoms with Gasteiger partial charge >= 0.3 is 0 Å². The highest BCUT2D eigenvalue weighted by atomic mass is 27.0. The van der Waals surface area contributed by atoms with Crippen LogP contribution in [0.1, 0.15) is 13.8 Å². The summed E-state index contributed by atoms with van der Waals surface area (Å²) in [6, 6.07) is 0. The van der Waals surface area contributed by atoms with Crippen LogP contribution in [-0.2, 0) is 0 Å². The third-order valence-corrected chi connectivity index (χ3v) is 0. The summed E-state index contributed by atoms with van der Waals surface area (Å²) in [5, 5.41) is 0. The Morgan fingerprint density at radius 1 is 0.667 bits per heavy atom. The first kappa shape index (κ1) is 63.5. The molecule has 0 saturated carbocycles. The second-order valence-electron chi connectivity index (χ2n) is 0. The quantitative estimate of drug-likeness (QED) is 0.311. The van der Waals surface area contributed by atoms with Crippen molar-refractivity contribution >= 4 is 34.7 Å². The molecule has 0 bridgehead atoms. The van der Waals surface area contributed by atoms with Crippen LogP contribution in [0, 0.1) is 0 Å². The molecular formula is C2H16Al2O2. The maximum Gasteiger partial charge on any atom is 0.187 e. The van der Waals surface area contributed by atoms with E-state index < -0.39 is 0 Å². The predicted octanol–water partition coefficient (Wildman–Crippen LogP) is -2.99. The molecule has 2 nitrogen and oxygen atoms in total. The lowest BCUT2D eigenvalue weighted by atomic mass is 11.0. The van der Waals surface area contributed by atoms with Gasteiger partial charge in [-0.3, -0.25) is 0 Å². The smallest absolute Gasteiger partial charge is 0.187 e. The van der Waals surface area contributed by atoms with Gasteiger partial charge in [0.25, 0.3) is 0 Å². The largest absolute Gasteiger partial charge is 0.412 e. The van der Waals surface area contributed by atoms with E-state index in [0.29, 0.717) is 0 Å². The van der Waals surface area contributed by atoms with Crippen LogP contribution < -0.4 is 0 Å². The Bertz CT molecular complexity index is 9.51. The lowest BCUT2D eigenvalue weighted by Crippen LogP contribution is -0.856. The second kappa shape index (κ2) is 153. The molecule has 0 aromatic rings. The van der Waals surface area contributed by atoms with Gasteiger partial charge < -0.3 is 11.0 Å². The molecule has 0 aliphatic rings. The third-order valence-electron chi connectivity index (χ3n) is 0. The van der Waals surface area contributed by atoms with Crippen LogP contribution in [-0.4, -0.2) is 45.7 Å². The Kier molecular flexibility index (Phi) is 1620.